The van der Waals surface area contributed by atoms with E-state index in [1.165, 1.54) is 7.11 Å². The zero-order valence-corrected chi connectivity index (χ0v) is 14.7. The highest BCUT2D eigenvalue weighted by Crippen LogP contribution is 2.07. The van der Waals surface area contributed by atoms with Crippen molar-refractivity contribution in [3.63, 3.8) is 0 Å². The zero-order valence-electron chi connectivity index (χ0n) is 14.7. The molecule has 0 aromatic rings. The number of hydrogen-bond donors (Lipinski definition) is 1. The predicted molar refractivity (Wildman–Crippen MR) is 89.5 cm³/mol. The number of ether oxygens (including phenoxy) is 2. The highest BCUT2D eigenvalue weighted by atomic mass is 16.6. The highest BCUT2D eigenvalue weighted by molar-refractivity contribution is 5.81. The van der Waals surface area contributed by atoms with Crippen molar-refractivity contribution in [3.8, 4) is 23.7 Å². The van der Waals surface area contributed by atoms with Crippen molar-refractivity contribution in [1.82, 2.24) is 5.32 Å². The summed E-state index contributed by atoms with van der Waals surface area (Å²) in [4.78, 5) is 23.4. The van der Waals surface area contributed by atoms with Gasteiger partial charge < -0.3 is 14.8 Å². The number of amides is 1. The van der Waals surface area contributed by atoms with Crippen LogP contribution in [0, 0.1) is 23.7 Å². The van der Waals surface area contributed by atoms with Gasteiger partial charge in [0.1, 0.15) is 11.6 Å². The molecule has 0 aliphatic heterocycles. The Kier molecular flexibility index (Phi) is 10.4. The van der Waals surface area contributed by atoms with Crippen LogP contribution in [0.3, 0.4) is 0 Å². The Morgan fingerprint density at radius 3 is 2.22 bits per heavy atom. The lowest BCUT2D eigenvalue weighted by molar-refractivity contribution is -0.143. The van der Waals surface area contributed by atoms with Crippen LogP contribution in [0.4, 0.5) is 4.79 Å². The van der Waals surface area contributed by atoms with Crippen molar-refractivity contribution in [2.75, 3.05) is 7.11 Å². The van der Waals surface area contributed by atoms with Gasteiger partial charge in [-0.15, -0.1) is 23.7 Å². The van der Waals surface area contributed by atoms with E-state index < -0.39 is 23.7 Å². The summed E-state index contributed by atoms with van der Waals surface area (Å²) in [6, 6.07) is -0.826. The summed E-state index contributed by atoms with van der Waals surface area (Å²) in [5.41, 5.74) is -0.627. The normalized spacial score (nSPS) is 11.2. The first-order valence-electron chi connectivity index (χ1n) is 7.73. The molecule has 1 amide bonds. The van der Waals surface area contributed by atoms with Crippen LogP contribution >= 0.6 is 0 Å². The van der Waals surface area contributed by atoms with E-state index in [9.17, 15) is 9.59 Å². The zero-order chi connectivity index (χ0) is 17.7. The van der Waals surface area contributed by atoms with Crippen molar-refractivity contribution in [2.45, 2.75) is 71.4 Å². The number of esters is 1. The van der Waals surface area contributed by atoms with Gasteiger partial charge in [-0.2, -0.15) is 0 Å². The van der Waals surface area contributed by atoms with E-state index in [2.05, 4.69) is 33.7 Å². The molecule has 0 fully saturated rings. The topological polar surface area (TPSA) is 64.6 Å². The number of carbonyl (C=O) groups excluding carboxylic acids is 2. The maximum atomic E-state index is 11.7. The fourth-order valence-electron chi connectivity index (χ4n) is 1.60. The first-order chi connectivity index (χ1) is 10.8. The van der Waals surface area contributed by atoms with Crippen LogP contribution in [-0.2, 0) is 14.3 Å². The Balaban J connectivity index is 4.33. The van der Waals surface area contributed by atoms with Gasteiger partial charge in [0, 0.05) is 19.3 Å². The first kappa shape index (κ1) is 20.9. The molecular weight excluding hydrogens is 294 g/mol. The number of alkyl carbamates (subject to hydrolysis) is 1. The summed E-state index contributed by atoms with van der Waals surface area (Å²) in [5, 5.41) is 2.49. The quantitative estimate of drug-likeness (QED) is 0.464. The lowest BCUT2D eigenvalue weighted by Gasteiger charge is -2.21. The third-order valence-electron chi connectivity index (χ3n) is 2.64. The molecule has 0 aliphatic rings. The molecule has 0 unspecified atom stereocenters. The minimum Gasteiger partial charge on any atom is -0.467 e. The van der Waals surface area contributed by atoms with E-state index in [4.69, 9.17) is 4.74 Å². The van der Waals surface area contributed by atoms with Gasteiger partial charge in [0.25, 0.3) is 0 Å². The van der Waals surface area contributed by atoms with Gasteiger partial charge in [0.2, 0.25) is 0 Å². The van der Waals surface area contributed by atoms with E-state index in [1.54, 1.807) is 20.8 Å². The second-order valence-corrected chi connectivity index (χ2v) is 5.91. The van der Waals surface area contributed by atoms with Crippen LogP contribution in [0.15, 0.2) is 0 Å². The van der Waals surface area contributed by atoms with E-state index >= 15 is 0 Å². The molecule has 0 rings (SSSR count). The fraction of sp³-hybridized carbons (Fsp3) is 0.667. The standard InChI is InChI=1S/C18H27NO4/c1-6-7-8-9-10-11-12-13-14-15(16(20)22-5)19-17(21)23-18(2,3)4/h15H,8-11,14H2,1-5H3,(H,19,21)/t15-/m0/s1. The molecule has 5 heteroatoms. The minimum atomic E-state index is -0.826. The van der Waals surface area contributed by atoms with Gasteiger partial charge in [-0.05, 0) is 40.5 Å². The molecule has 0 aliphatic carbocycles. The van der Waals surface area contributed by atoms with Crippen molar-refractivity contribution >= 4 is 12.1 Å². The van der Waals surface area contributed by atoms with Gasteiger partial charge in [0.15, 0.2) is 0 Å². The smallest absolute Gasteiger partial charge is 0.408 e. The molecule has 0 aromatic heterocycles. The summed E-state index contributed by atoms with van der Waals surface area (Å²) in [5.74, 6) is 11.2. The molecule has 0 radical (unpaired) electrons. The molecule has 0 spiro atoms. The van der Waals surface area contributed by atoms with Gasteiger partial charge in [-0.1, -0.05) is 0 Å². The number of nitrogens with one attached hydrogen (secondary N) is 1. The molecule has 1 atom stereocenters. The Bertz CT molecular complexity index is 497. The molecular formula is C18H27NO4. The second kappa shape index (κ2) is 11.4. The van der Waals surface area contributed by atoms with Crippen LogP contribution in [0.25, 0.3) is 0 Å². The Morgan fingerprint density at radius 1 is 1.09 bits per heavy atom. The maximum absolute atomic E-state index is 11.7. The summed E-state index contributed by atoms with van der Waals surface area (Å²) in [6.45, 7) is 7.08. The molecule has 1 N–H and O–H groups in total. The summed E-state index contributed by atoms with van der Waals surface area (Å²) < 4.78 is 9.80. The molecule has 0 heterocycles. The van der Waals surface area contributed by atoms with Gasteiger partial charge in [-0.25, -0.2) is 9.59 Å². The monoisotopic (exact) mass is 321 g/mol. The number of rotatable bonds is 6. The molecule has 0 saturated heterocycles. The SMILES string of the molecule is CC#CCCCCC#CC[C@H](NC(=O)OC(C)(C)C)C(=O)OC. The van der Waals surface area contributed by atoms with Crippen molar-refractivity contribution in [2.24, 2.45) is 0 Å². The number of unbranched alkanes of at least 4 members (excludes halogenated alkanes) is 3. The lowest BCUT2D eigenvalue weighted by Crippen LogP contribution is -2.43. The number of methoxy groups -OCH3 is 1. The summed E-state index contributed by atoms with van der Waals surface area (Å²) >= 11 is 0. The minimum absolute atomic E-state index is 0.195. The Labute approximate surface area is 139 Å². The van der Waals surface area contributed by atoms with E-state index in [1.807, 2.05) is 6.92 Å². The molecule has 0 saturated carbocycles. The van der Waals surface area contributed by atoms with Crippen LogP contribution < -0.4 is 5.32 Å². The Morgan fingerprint density at radius 2 is 1.70 bits per heavy atom. The summed E-state index contributed by atoms with van der Waals surface area (Å²) in [6.07, 6.45) is 3.12. The second-order valence-electron chi connectivity index (χ2n) is 5.91. The highest BCUT2D eigenvalue weighted by Gasteiger charge is 2.24. The third-order valence-corrected chi connectivity index (χ3v) is 2.64. The van der Waals surface area contributed by atoms with Crippen LogP contribution in [0.1, 0.15) is 59.8 Å². The van der Waals surface area contributed by atoms with E-state index in [0.29, 0.717) is 0 Å². The number of carbonyl (C=O) groups is 2. The largest absolute Gasteiger partial charge is 0.467 e. The molecule has 5 nitrogen and oxygen atoms in total. The maximum Gasteiger partial charge on any atom is 0.408 e. The number of hydrogen-bond acceptors (Lipinski definition) is 4. The van der Waals surface area contributed by atoms with Crippen LogP contribution in [0.5, 0.6) is 0 Å². The van der Waals surface area contributed by atoms with Crippen molar-refractivity contribution < 1.29 is 19.1 Å². The molecule has 23 heavy (non-hydrogen) atoms. The average molecular weight is 321 g/mol. The van der Waals surface area contributed by atoms with Gasteiger partial charge >= 0.3 is 12.1 Å². The van der Waals surface area contributed by atoms with Crippen LogP contribution in [-0.4, -0.2) is 30.8 Å². The first-order valence-corrected chi connectivity index (χ1v) is 7.73. The summed E-state index contributed by atoms with van der Waals surface area (Å²) in [7, 11) is 1.27. The molecule has 128 valence electrons. The van der Waals surface area contributed by atoms with Gasteiger partial charge in [0.05, 0.1) is 7.11 Å². The van der Waals surface area contributed by atoms with E-state index in [-0.39, 0.29) is 6.42 Å². The lowest BCUT2D eigenvalue weighted by atomic mass is 10.1. The van der Waals surface area contributed by atoms with Crippen molar-refractivity contribution in [1.29, 1.82) is 0 Å². The third kappa shape index (κ3) is 12.1. The average Bonchev–Trinajstić information content (AvgIpc) is 2.46. The molecule has 0 bridgehead atoms. The van der Waals surface area contributed by atoms with Crippen molar-refractivity contribution in [3.05, 3.63) is 0 Å². The van der Waals surface area contributed by atoms with Gasteiger partial charge in [-0.3, -0.25) is 0 Å². The van der Waals surface area contributed by atoms with E-state index in [0.717, 1.165) is 25.7 Å². The van der Waals surface area contributed by atoms with Crippen LogP contribution in [0.2, 0.25) is 0 Å². The Hall–Kier alpha value is -2.14. The predicted octanol–water partition coefficient (Wildman–Crippen LogP) is 3.03. The fourth-order valence-corrected chi connectivity index (χ4v) is 1.60. The molecule has 0 aromatic carbocycles.